The summed E-state index contributed by atoms with van der Waals surface area (Å²) in [6, 6.07) is 0. The molecule has 0 radical (unpaired) electrons. The number of hydrogen-bond donors (Lipinski definition) is 0. The van der Waals surface area contributed by atoms with E-state index in [1.807, 2.05) is 20.8 Å². The van der Waals surface area contributed by atoms with Crippen molar-refractivity contribution >= 4 is 12.4 Å². The van der Waals surface area contributed by atoms with E-state index < -0.39 is 5.60 Å². The number of nitrogens with zero attached hydrogens (tertiary/aromatic N) is 1. The Morgan fingerprint density at radius 2 is 1.87 bits per heavy atom. The van der Waals surface area contributed by atoms with Gasteiger partial charge in [-0.3, -0.25) is 0 Å². The van der Waals surface area contributed by atoms with Crippen molar-refractivity contribution in [1.29, 1.82) is 0 Å². The fraction of sp³-hybridized carbons (Fsp3) is 0.818. The van der Waals surface area contributed by atoms with Crippen LogP contribution < -0.4 is 0 Å². The zero-order chi connectivity index (χ0) is 11.2. The Balaban J connectivity index is 1.84. The molecule has 1 amide bonds. The van der Waals surface area contributed by atoms with E-state index in [-0.39, 0.29) is 12.0 Å². The zero-order valence-corrected chi connectivity index (χ0v) is 9.40. The third-order valence-electron chi connectivity index (χ3n) is 3.07. The smallest absolute Gasteiger partial charge is 0.410 e. The van der Waals surface area contributed by atoms with Crippen molar-refractivity contribution in [3.63, 3.8) is 0 Å². The van der Waals surface area contributed by atoms with Gasteiger partial charge in [0.1, 0.15) is 11.9 Å². The fourth-order valence-electron chi connectivity index (χ4n) is 2.25. The van der Waals surface area contributed by atoms with E-state index in [9.17, 15) is 9.59 Å². The van der Waals surface area contributed by atoms with Crippen LogP contribution in [0.2, 0.25) is 0 Å². The number of carbonyl (C=O) groups is 2. The summed E-state index contributed by atoms with van der Waals surface area (Å²) >= 11 is 0. The SMILES string of the molecule is CC(C)(C)OC(=O)N1CC2C(C=O)[C@@H]2C1. The quantitative estimate of drug-likeness (QED) is 0.614. The van der Waals surface area contributed by atoms with E-state index in [0.29, 0.717) is 24.9 Å². The lowest BCUT2D eigenvalue weighted by Gasteiger charge is -2.25. The highest BCUT2D eigenvalue weighted by molar-refractivity contribution is 5.70. The monoisotopic (exact) mass is 211 g/mol. The van der Waals surface area contributed by atoms with Crippen molar-refractivity contribution < 1.29 is 14.3 Å². The van der Waals surface area contributed by atoms with E-state index >= 15 is 0 Å². The summed E-state index contributed by atoms with van der Waals surface area (Å²) in [5.41, 5.74) is -0.437. The van der Waals surface area contributed by atoms with Crippen LogP contribution in [-0.4, -0.2) is 36.0 Å². The molecule has 2 aliphatic rings. The fourth-order valence-corrected chi connectivity index (χ4v) is 2.25. The molecular formula is C11H17NO3. The number of rotatable bonds is 1. The van der Waals surface area contributed by atoms with Gasteiger partial charge in [0.05, 0.1) is 0 Å². The Kier molecular flexibility index (Phi) is 2.24. The molecule has 15 heavy (non-hydrogen) atoms. The first-order valence-corrected chi connectivity index (χ1v) is 5.35. The van der Waals surface area contributed by atoms with Crippen molar-refractivity contribution in [2.24, 2.45) is 17.8 Å². The maximum atomic E-state index is 11.6. The molecule has 1 saturated heterocycles. The molecule has 0 spiro atoms. The van der Waals surface area contributed by atoms with Gasteiger partial charge in [-0.1, -0.05) is 0 Å². The number of ether oxygens (including phenoxy) is 1. The summed E-state index contributed by atoms with van der Waals surface area (Å²) in [5.74, 6) is 0.994. The highest BCUT2D eigenvalue weighted by atomic mass is 16.6. The van der Waals surface area contributed by atoms with Crippen LogP contribution in [0.3, 0.4) is 0 Å². The van der Waals surface area contributed by atoms with Crippen LogP contribution in [0.15, 0.2) is 0 Å². The summed E-state index contributed by atoms with van der Waals surface area (Å²) in [6.07, 6.45) is 0.765. The van der Waals surface area contributed by atoms with Gasteiger partial charge < -0.3 is 14.4 Å². The van der Waals surface area contributed by atoms with Gasteiger partial charge in [0.2, 0.25) is 0 Å². The van der Waals surface area contributed by atoms with Gasteiger partial charge in [0.15, 0.2) is 0 Å². The number of hydrogen-bond acceptors (Lipinski definition) is 3. The van der Waals surface area contributed by atoms with Crippen molar-refractivity contribution in [3.05, 3.63) is 0 Å². The summed E-state index contributed by atoms with van der Waals surface area (Å²) in [4.78, 5) is 23.9. The van der Waals surface area contributed by atoms with Crippen LogP contribution in [0.25, 0.3) is 0 Å². The second-order valence-corrected chi connectivity index (χ2v) is 5.43. The first kappa shape index (κ1) is 10.5. The highest BCUT2D eigenvalue weighted by Crippen LogP contribution is 2.50. The maximum Gasteiger partial charge on any atom is 0.410 e. The van der Waals surface area contributed by atoms with Crippen molar-refractivity contribution in [1.82, 2.24) is 4.90 Å². The predicted octanol–water partition coefficient (Wildman–Crippen LogP) is 1.30. The van der Waals surface area contributed by atoms with Crippen LogP contribution in [0.1, 0.15) is 20.8 Å². The van der Waals surface area contributed by atoms with E-state index in [2.05, 4.69) is 0 Å². The first-order chi connectivity index (χ1) is 6.92. The average Bonchev–Trinajstić information content (AvgIpc) is 2.54. The molecule has 2 rings (SSSR count). The lowest BCUT2D eigenvalue weighted by Crippen LogP contribution is -2.37. The third-order valence-corrected chi connectivity index (χ3v) is 3.07. The summed E-state index contributed by atoms with van der Waals surface area (Å²) < 4.78 is 5.26. The summed E-state index contributed by atoms with van der Waals surface area (Å²) in [6.45, 7) is 6.94. The molecule has 1 heterocycles. The molecule has 2 fully saturated rings. The van der Waals surface area contributed by atoms with Gasteiger partial charge in [-0.25, -0.2) is 4.79 Å². The molecule has 1 aliphatic carbocycles. The lowest BCUT2D eigenvalue weighted by molar-refractivity contribution is -0.109. The third kappa shape index (κ3) is 1.98. The predicted molar refractivity (Wildman–Crippen MR) is 54.3 cm³/mol. The normalized spacial score (nSPS) is 33.5. The largest absolute Gasteiger partial charge is 0.444 e. The van der Waals surface area contributed by atoms with Crippen LogP contribution >= 0.6 is 0 Å². The van der Waals surface area contributed by atoms with E-state index in [4.69, 9.17) is 4.74 Å². The Morgan fingerprint density at radius 3 is 2.27 bits per heavy atom. The van der Waals surface area contributed by atoms with Crippen molar-refractivity contribution in [3.8, 4) is 0 Å². The molecule has 1 aliphatic heterocycles. The molecular weight excluding hydrogens is 194 g/mol. The number of piperidine rings is 1. The topological polar surface area (TPSA) is 46.6 Å². The number of carbonyl (C=O) groups excluding carboxylic acids is 2. The Labute approximate surface area is 89.6 Å². The van der Waals surface area contributed by atoms with Crippen LogP contribution in [0.5, 0.6) is 0 Å². The molecule has 0 aromatic carbocycles. The standard InChI is InChI=1S/C11H17NO3/c1-11(2,3)15-10(14)12-4-7-8(5-12)9(7)6-13/h6-9H,4-5H2,1-3H3/t7-,8?,9?/m1/s1. The van der Waals surface area contributed by atoms with Crippen LogP contribution in [-0.2, 0) is 9.53 Å². The van der Waals surface area contributed by atoms with Gasteiger partial charge in [-0.2, -0.15) is 0 Å². The van der Waals surface area contributed by atoms with E-state index in [1.165, 1.54) is 0 Å². The second-order valence-electron chi connectivity index (χ2n) is 5.43. The molecule has 2 unspecified atom stereocenters. The molecule has 0 N–H and O–H groups in total. The zero-order valence-electron chi connectivity index (χ0n) is 9.40. The highest BCUT2D eigenvalue weighted by Gasteiger charge is 2.57. The van der Waals surface area contributed by atoms with E-state index in [0.717, 1.165) is 6.29 Å². The Bertz CT molecular complexity index is 283. The molecule has 84 valence electrons. The molecule has 0 bridgehead atoms. The first-order valence-electron chi connectivity index (χ1n) is 5.35. The molecule has 4 nitrogen and oxygen atoms in total. The van der Waals surface area contributed by atoms with Gasteiger partial charge in [0.25, 0.3) is 0 Å². The van der Waals surface area contributed by atoms with E-state index in [1.54, 1.807) is 4.90 Å². The van der Waals surface area contributed by atoms with Gasteiger partial charge >= 0.3 is 6.09 Å². The van der Waals surface area contributed by atoms with Crippen molar-refractivity contribution in [2.75, 3.05) is 13.1 Å². The minimum atomic E-state index is -0.437. The number of likely N-dealkylation sites (tertiary alicyclic amines) is 1. The van der Waals surface area contributed by atoms with Crippen LogP contribution in [0, 0.1) is 17.8 Å². The number of amides is 1. The number of aldehydes is 1. The Morgan fingerprint density at radius 1 is 1.33 bits per heavy atom. The Hall–Kier alpha value is -1.06. The van der Waals surface area contributed by atoms with Gasteiger partial charge in [-0.05, 0) is 32.6 Å². The molecule has 0 aromatic rings. The lowest BCUT2D eigenvalue weighted by atomic mass is 10.2. The summed E-state index contributed by atoms with van der Waals surface area (Å²) in [5, 5.41) is 0. The molecule has 0 aromatic heterocycles. The second kappa shape index (κ2) is 3.22. The summed E-state index contributed by atoms with van der Waals surface area (Å²) in [7, 11) is 0. The minimum Gasteiger partial charge on any atom is -0.444 e. The number of fused-ring (bicyclic) bond motifs is 1. The van der Waals surface area contributed by atoms with Gasteiger partial charge in [-0.15, -0.1) is 0 Å². The van der Waals surface area contributed by atoms with Gasteiger partial charge in [0, 0.05) is 19.0 Å². The molecule has 1 saturated carbocycles. The average molecular weight is 211 g/mol. The van der Waals surface area contributed by atoms with Crippen LogP contribution in [0.4, 0.5) is 4.79 Å². The molecule has 3 atom stereocenters. The maximum absolute atomic E-state index is 11.6. The van der Waals surface area contributed by atoms with Crippen molar-refractivity contribution in [2.45, 2.75) is 26.4 Å². The minimum absolute atomic E-state index is 0.198. The molecule has 4 heteroatoms.